The number of aryl methyl sites for hydroxylation is 4. The first-order valence-corrected chi connectivity index (χ1v) is 8.33. The highest BCUT2D eigenvalue weighted by Crippen LogP contribution is 2.11. The van der Waals surface area contributed by atoms with E-state index in [0.717, 1.165) is 22.3 Å². The summed E-state index contributed by atoms with van der Waals surface area (Å²) < 4.78 is 0. The molecule has 100 valence electrons. The van der Waals surface area contributed by atoms with Gasteiger partial charge in [0.05, 0.1) is 0 Å². The Hall–Kier alpha value is -1.42. The maximum atomic E-state index is 10.9. The van der Waals surface area contributed by atoms with E-state index < -0.39 is 8.56 Å². The van der Waals surface area contributed by atoms with Crippen LogP contribution in [0.5, 0.6) is 0 Å². The van der Waals surface area contributed by atoms with Crippen LogP contribution < -0.4 is 10.4 Å². The Morgan fingerprint density at radius 2 is 0.895 bits per heavy atom. The van der Waals surface area contributed by atoms with Crippen molar-refractivity contribution < 1.29 is 9.59 Å². The summed E-state index contributed by atoms with van der Waals surface area (Å²) in [6.45, 7) is 7.74. The SMILES string of the molecule is Cc1cccc(C)c1[Si](O)(O)c1c(C)cccc1C. The Kier molecular flexibility index (Phi) is 3.63. The van der Waals surface area contributed by atoms with E-state index in [4.69, 9.17) is 0 Å². The second kappa shape index (κ2) is 4.93. The van der Waals surface area contributed by atoms with E-state index in [9.17, 15) is 9.59 Å². The van der Waals surface area contributed by atoms with Crippen LogP contribution in [0.4, 0.5) is 0 Å². The molecule has 0 heterocycles. The first kappa shape index (κ1) is 14.0. The third-order valence-electron chi connectivity index (χ3n) is 3.66. The van der Waals surface area contributed by atoms with Crippen molar-refractivity contribution in [3.8, 4) is 0 Å². The van der Waals surface area contributed by atoms with Crippen molar-refractivity contribution in [2.24, 2.45) is 0 Å². The van der Waals surface area contributed by atoms with Gasteiger partial charge in [0, 0.05) is 10.4 Å². The maximum Gasteiger partial charge on any atom is 0.402 e. The minimum absolute atomic E-state index is 0.715. The molecule has 0 radical (unpaired) electrons. The zero-order chi connectivity index (χ0) is 14.2. The minimum Gasteiger partial charge on any atom is -0.404 e. The summed E-state index contributed by atoms with van der Waals surface area (Å²) in [4.78, 5) is 21.7. The summed E-state index contributed by atoms with van der Waals surface area (Å²) in [5.74, 6) is 0. The van der Waals surface area contributed by atoms with Crippen molar-refractivity contribution in [1.29, 1.82) is 0 Å². The fourth-order valence-corrected chi connectivity index (χ4v) is 5.64. The fourth-order valence-electron chi connectivity index (χ4n) is 2.85. The average Bonchev–Trinajstić information content (AvgIpc) is 2.27. The van der Waals surface area contributed by atoms with Crippen LogP contribution in [0.2, 0.25) is 0 Å². The molecule has 0 aromatic heterocycles. The number of benzene rings is 2. The van der Waals surface area contributed by atoms with Gasteiger partial charge >= 0.3 is 8.56 Å². The molecule has 0 aliphatic heterocycles. The smallest absolute Gasteiger partial charge is 0.402 e. The molecule has 2 nitrogen and oxygen atoms in total. The summed E-state index contributed by atoms with van der Waals surface area (Å²) in [5, 5.41) is 1.43. The molecule has 0 unspecified atom stereocenters. The van der Waals surface area contributed by atoms with Gasteiger partial charge in [-0.05, 0) is 49.9 Å². The number of rotatable bonds is 2. The molecule has 0 spiro atoms. The van der Waals surface area contributed by atoms with Crippen LogP contribution in [0.1, 0.15) is 22.3 Å². The number of hydrogen-bond donors (Lipinski definition) is 2. The quantitative estimate of drug-likeness (QED) is 0.813. The van der Waals surface area contributed by atoms with Crippen LogP contribution in [-0.2, 0) is 0 Å². The molecule has 2 rings (SSSR count). The molecule has 0 aliphatic carbocycles. The summed E-state index contributed by atoms with van der Waals surface area (Å²) in [6.07, 6.45) is 0. The molecule has 2 aromatic carbocycles. The third kappa shape index (κ3) is 2.37. The van der Waals surface area contributed by atoms with E-state index in [-0.39, 0.29) is 0 Å². The van der Waals surface area contributed by atoms with E-state index in [2.05, 4.69) is 0 Å². The molecule has 0 saturated heterocycles. The Bertz CT molecular complexity index is 524. The lowest BCUT2D eigenvalue weighted by Gasteiger charge is -2.26. The van der Waals surface area contributed by atoms with Gasteiger partial charge in [-0.15, -0.1) is 0 Å². The van der Waals surface area contributed by atoms with Gasteiger partial charge in [-0.2, -0.15) is 0 Å². The van der Waals surface area contributed by atoms with Gasteiger partial charge in [-0.25, -0.2) is 0 Å². The van der Waals surface area contributed by atoms with Crippen LogP contribution in [0.15, 0.2) is 36.4 Å². The van der Waals surface area contributed by atoms with Gasteiger partial charge in [-0.1, -0.05) is 36.4 Å². The van der Waals surface area contributed by atoms with E-state index in [0.29, 0.717) is 10.4 Å². The zero-order valence-corrected chi connectivity index (χ0v) is 12.9. The molecule has 0 fully saturated rings. The predicted molar refractivity (Wildman–Crippen MR) is 81.3 cm³/mol. The molecule has 0 saturated carbocycles. The molecule has 0 bridgehead atoms. The van der Waals surface area contributed by atoms with Gasteiger partial charge in [0.15, 0.2) is 0 Å². The van der Waals surface area contributed by atoms with Gasteiger partial charge < -0.3 is 9.59 Å². The highest BCUT2D eigenvalue weighted by molar-refractivity contribution is 6.91. The molecule has 0 aliphatic rings. The van der Waals surface area contributed by atoms with Crippen LogP contribution in [0.3, 0.4) is 0 Å². The molecule has 0 atom stereocenters. The lowest BCUT2D eigenvalue weighted by Crippen LogP contribution is -2.62. The highest BCUT2D eigenvalue weighted by atomic mass is 28.4. The van der Waals surface area contributed by atoms with Crippen LogP contribution >= 0.6 is 0 Å². The van der Waals surface area contributed by atoms with Crippen molar-refractivity contribution in [1.82, 2.24) is 0 Å². The molecule has 3 heteroatoms. The third-order valence-corrected chi connectivity index (χ3v) is 6.63. The van der Waals surface area contributed by atoms with E-state index in [1.54, 1.807) is 0 Å². The highest BCUT2D eigenvalue weighted by Gasteiger charge is 2.39. The second-order valence-electron chi connectivity index (χ2n) is 5.21. The largest absolute Gasteiger partial charge is 0.404 e. The summed E-state index contributed by atoms with van der Waals surface area (Å²) in [5.41, 5.74) is 3.78. The van der Waals surface area contributed by atoms with Gasteiger partial charge in [0.25, 0.3) is 0 Å². The fraction of sp³-hybridized carbons (Fsp3) is 0.250. The summed E-state index contributed by atoms with van der Waals surface area (Å²) in [6, 6.07) is 11.6. The molecular formula is C16H20O2Si. The average molecular weight is 272 g/mol. The normalized spacial score (nSPS) is 11.7. The van der Waals surface area contributed by atoms with Gasteiger partial charge in [-0.3, -0.25) is 0 Å². The van der Waals surface area contributed by atoms with Crippen LogP contribution in [-0.4, -0.2) is 18.2 Å². The van der Waals surface area contributed by atoms with Crippen LogP contribution in [0.25, 0.3) is 0 Å². The topological polar surface area (TPSA) is 40.5 Å². The summed E-state index contributed by atoms with van der Waals surface area (Å²) in [7, 11) is -3.63. The maximum absolute atomic E-state index is 10.9. The van der Waals surface area contributed by atoms with Crippen molar-refractivity contribution in [3.63, 3.8) is 0 Å². The molecule has 19 heavy (non-hydrogen) atoms. The van der Waals surface area contributed by atoms with E-state index >= 15 is 0 Å². The van der Waals surface area contributed by atoms with E-state index in [1.807, 2.05) is 64.1 Å². The minimum atomic E-state index is -3.63. The Morgan fingerprint density at radius 3 is 1.16 bits per heavy atom. The van der Waals surface area contributed by atoms with Crippen LogP contribution in [0, 0.1) is 27.7 Å². The van der Waals surface area contributed by atoms with Crippen molar-refractivity contribution in [2.75, 3.05) is 0 Å². The zero-order valence-electron chi connectivity index (χ0n) is 11.9. The van der Waals surface area contributed by atoms with Crippen molar-refractivity contribution in [3.05, 3.63) is 58.7 Å². The lowest BCUT2D eigenvalue weighted by atomic mass is 10.1. The lowest BCUT2D eigenvalue weighted by molar-refractivity contribution is 0.400. The van der Waals surface area contributed by atoms with E-state index in [1.165, 1.54) is 0 Å². The number of hydrogen-bond acceptors (Lipinski definition) is 2. The summed E-state index contributed by atoms with van der Waals surface area (Å²) >= 11 is 0. The Labute approximate surface area is 115 Å². The first-order chi connectivity index (χ1) is 8.85. The molecule has 2 aromatic rings. The standard InChI is InChI=1S/C16H20O2Si/c1-11-7-5-8-12(2)15(11)19(17,18)16-13(3)9-6-10-14(16)4/h5-10,17-18H,1-4H3. The predicted octanol–water partition coefficient (Wildman–Crippen LogP) is 1.46. The Balaban J connectivity index is 2.73. The van der Waals surface area contributed by atoms with Crippen molar-refractivity contribution >= 4 is 18.9 Å². The van der Waals surface area contributed by atoms with Gasteiger partial charge in [0.1, 0.15) is 0 Å². The second-order valence-corrected chi connectivity index (χ2v) is 7.55. The van der Waals surface area contributed by atoms with Crippen molar-refractivity contribution in [2.45, 2.75) is 27.7 Å². The molecular weight excluding hydrogens is 252 g/mol. The Morgan fingerprint density at radius 1 is 0.632 bits per heavy atom. The first-order valence-electron chi connectivity index (χ1n) is 6.44. The van der Waals surface area contributed by atoms with Gasteiger partial charge in [0.2, 0.25) is 0 Å². The molecule has 0 amide bonds. The molecule has 2 N–H and O–H groups in total. The monoisotopic (exact) mass is 272 g/mol.